The third kappa shape index (κ3) is 6.51. The van der Waals surface area contributed by atoms with E-state index in [4.69, 9.17) is 4.74 Å². The summed E-state index contributed by atoms with van der Waals surface area (Å²) in [6.45, 7) is 1.09. The number of hydrogen-bond acceptors (Lipinski definition) is 5. The number of methoxy groups -OCH3 is 1. The van der Waals surface area contributed by atoms with Gasteiger partial charge in [-0.15, -0.1) is 0 Å². The predicted molar refractivity (Wildman–Crippen MR) is 74.6 cm³/mol. The molecule has 0 fully saturated rings. The maximum absolute atomic E-state index is 11.7. The first-order valence-corrected chi connectivity index (χ1v) is 7.83. The minimum atomic E-state index is -3.21. The summed E-state index contributed by atoms with van der Waals surface area (Å²) < 4.78 is 30.9. The van der Waals surface area contributed by atoms with Crippen LogP contribution in [0.15, 0.2) is 18.3 Å². The molecule has 0 saturated carbocycles. The number of ether oxygens (including phenoxy) is 1. The monoisotopic (exact) mass is 287 g/mol. The molecule has 19 heavy (non-hydrogen) atoms. The summed E-state index contributed by atoms with van der Waals surface area (Å²) in [5.74, 6) is 0.664. The van der Waals surface area contributed by atoms with Gasteiger partial charge in [0, 0.05) is 18.8 Å². The molecule has 0 aliphatic carbocycles. The first kappa shape index (κ1) is 15.9. The summed E-state index contributed by atoms with van der Waals surface area (Å²) >= 11 is 0. The van der Waals surface area contributed by atoms with E-state index < -0.39 is 10.0 Å². The van der Waals surface area contributed by atoms with Crippen molar-refractivity contribution in [3.8, 4) is 5.88 Å². The van der Waals surface area contributed by atoms with E-state index in [1.165, 1.54) is 7.11 Å². The van der Waals surface area contributed by atoms with E-state index in [1.807, 2.05) is 7.05 Å². The second-order valence-corrected chi connectivity index (χ2v) is 6.09. The minimum Gasteiger partial charge on any atom is -0.481 e. The zero-order valence-electron chi connectivity index (χ0n) is 11.3. The molecular weight excluding hydrogens is 266 g/mol. The lowest BCUT2D eigenvalue weighted by Gasteiger charge is -2.07. The van der Waals surface area contributed by atoms with Gasteiger partial charge in [-0.25, -0.2) is 18.1 Å². The summed E-state index contributed by atoms with van der Waals surface area (Å²) in [5, 5.41) is 2.99. The Bertz CT molecular complexity index is 460. The topological polar surface area (TPSA) is 80.3 Å². The Hall–Kier alpha value is -1.18. The molecule has 0 aliphatic rings. The summed E-state index contributed by atoms with van der Waals surface area (Å²) in [6.07, 6.45) is 3.10. The van der Waals surface area contributed by atoms with E-state index in [-0.39, 0.29) is 12.3 Å². The SMILES string of the molecule is CNCCCCS(=O)(=O)NCc1ccc(OC)nc1. The molecule has 1 aromatic rings. The van der Waals surface area contributed by atoms with E-state index in [9.17, 15) is 8.42 Å². The summed E-state index contributed by atoms with van der Waals surface area (Å²) in [4.78, 5) is 4.02. The fourth-order valence-electron chi connectivity index (χ4n) is 1.50. The van der Waals surface area contributed by atoms with Gasteiger partial charge in [-0.1, -0.05) is 6.07 Å². The van der Waals surface area contributed by atoms with Gasteiger partial charge in [-0.2, -0.15) is 0 Å². The van der Waals surface area contributed by atoms with Crippen molar-refractivity contribution in [3.05, 3.63) is 23.9 Å². The molecule has 0 aliphatic heterocycles. The third-order valence-corrected chi connectivity index (χ3v) is 4.00. The Morgan fingerprint density at radius 1 is 1.32 bits per heavy atom. The molecule has 1 aromatic heterocycles. The van der Waals surface area contributed by atoms with Crippen molar-refractivity contribution in [1.82, 2.24) is 15.0 Å². The zero-order valence-corrected chi connectivity index (χ0v) is 12.2. The van der Waals surface area contributed by atoms with Gasteiger partial charge in [0.05, 0.1) is 12.9 Å². The van der Waals surface area contributed by atoms with Crippen LogP contribution in [0.2, 0.25) is 0 Å². The molecule has 7 heteroatoms. The molecule has 0 spiro atoms. The first-order chi connectivity index (χ1) is 9.07. The normalized spacial score (nSPS) is 11.5. The Morgan fingerprint density at radius 3 is 2.68 bits per heavy atom. The molecular formula is C12H21N3O3S. The highest BCUT2D eigenvalue weighted by atomic mass is 32.2. The Kier molecular flexibility index (Phi) is 6.75. The van der Waals surface area contributed by atoms with Crippen molar-refractivity contribution in [2.75, 3.05) is 26.5 Å². The molecule has 1 heterocycles. The van der Waals surface area contributed by atoms with Gasteiger partial charge < -0.3 is 10.1 Å². The van der Waals surface area contributed by atoms with Gasteiger partial charge >= 0.3 is 0 Å². The fraction of sp³-hybridized carbons (Fsp3) is 0.583. The standard InChI is InChI=1S/C12H21N3O3S/c1-13-7-3-4-8-19(16,17)15-10-11-5-6-12(18-2)14-9-11/h5-6,9,13,15H,3-4,7-8,10H2,1-2H3. The molecule has 2 N–H and O–H groups in total. The van der Waals surface area contributed by atoms with Gasteiger partial charge in [0.2, 0.25) is 15.9 Å². The lowest BCUT2D eigenvalue weighted by molar-refractivity contribution is 0.397. The highest BCUT2D eigenvalue weighted by Crippen LogP contribution is 2.06. The molecule has 0 saturated heterocycles. The highest BCUT2D eigenvalue weighted by molar-refractivity contribution is 7.89. The molecule has 0 bridgehead atoms. The van der Waals surface area contributed by atoms with Crippen LogP contribution in [0.3, 0.4) is 0 Å². The van der Waals surface area contributed by atoms with Crippen LogP contribution in [0.1, 0.15) is 18.4 Å². The number of pyridine rings is 1. The van der Waals surface area contributed by atoms with E-state index in [0.717, 1.165) is 18.5 Å². The minimum absolute atomic E-state index is 0.151. The molecule has 0 amide bonds. The first-order valence-electron chi connectivity index (χ1n) is 6.18. The van der Waals surface area contributed by atoms with Gasteiger partial charge in [0.25, 0.3) is 0 Å². The predicted octanol–water partition coefficient (Wildman–Crippen LogP) is 0.509. The largest absolute Gasteiger partial charge is 0.481 e. The van der Waals surface area contributed by atoms with Crippen molar-refractivity contribution in [1.29, 1.82) is 0 Å². The second-order valence-electron chi connectivity index (χ2n) is 4.16. The van der Waals surface area contributed by atoms with Crippen molar-refractivity contribution in [3.63, 3.8) is 0 Å². The Morgan fingerprint density at radius 2 is 2.11 bits per heavy atom. The zero-order chi connectivity index (χ0) is 14.1. The van der Waals surface area contributed by atoms with Crippen LogP contribution in [0.25, 0.3) is 0 Å². The molecule has 108 valence electrons. The van der Waals surface area contributed by atoms with Crippen LogP contribution < -0.4 is 14.8 Å². The quantitative estimate of drug-likeness (QED) is 0.647. The van der Waals surface area contributed by atoms with Crippen LogP contribution in [0.4, 0.5) is 0 Å². The van der Waals surface area contributed by atoms with Crippen LogP contribution >= 0.6 is 0 Å². The van der Waals surface area contributed by atoms with Crippen molar-refractivity contribution in [2.45, 2.75) is 19.4 Å². The van der Waals surface area contributed by atoms with E-state index >= 15 is 0 Å². The number of hydrogen-bond donors (Lipinski definition) is 2. The fourth-order valence-corrected chi connectivity index (χ4v) is 2.61. The number of nitrogens with one attached hydrogen (secondary N) is 2. The van der Waals surface area contributed by atoms with Gasteiger partial charge in [-0.05, 0) is 32.0 Å². The highest BCUT2D eigenvalue weighted by Gasteiger charge is 2.09. The Labute approximate surface area is 114 Å². The third-order valence-electron chi connectivity index (χ3n) is 2.59. The van der Waals surface area contributed by atoms with Crippen molar-refractivity contribution in [2.24, 2.45) is 0 Å². The number of unbranched alkanes of at least 4 members (excludes halogenated alkanes) is 1. The lowest BCUT2D eigenvalue weighted by atomic mass is 10.3. The summed E-state index contributed by atoms with van der Waals surface area (Å²) in [6, 6.07) is 3.49. The van der Waals surface area contributed by atoms with Gasteiger partial charge in [0.1, 0.15) is 0 Å². The van der Waals surface area contributed by atoms with E-state index in [0.29, 0.717) is 12.3 Å². The molecule has 0 aromatic carbocycles. The van der Waals surface area contributed by atoms with Crippen LogP contribution in [0, 0.1) is 0 Å². The maximum Gasteiger partial charge on any atom is 0.212 e. The summed E-state index contributed by atoms with van der Waals surface area (Å²) in [5.41, 5.74) is 0.805. The maximum atomic E-state index is 11.7. The summed E-state index contributed by atoms with van der Waals surface area (Å²) in [7, 11) is 0.175. The van der Waals surface area contributed by atoms with Gasteiger partial charge in [-0.3, -0.25) is 0 Å². The van der Waals surface area contributed by atoms with E-state index in [1.54, 1.807) is 18.3 Å². The molecule has 0 radical (unpaired) electrons. The smallest absolute Gasteiger partial charge is 0.212 e. The number of sulfonamides is 1. The number of aromatic nitrogens is 1. The number of rotatable bonds is 9. The van der Waals surface area contributed by atoms with E-state index in [2.05, 4.69) is 15.0 Å². The molecule has 0 atom stereocenters. The number of nitrogens with zero attached hydrogens (tertiary/aromatic N) is 1. The van der Waals surface area contributed by atoms with Crippen LogP contribution in [-0.4, -0.2) is 39.9 Å². The molecule has 0 unspecified atom stereocenters. The lowest BCUT2D eigenvalue weighted by Crippen LogP contribution is -2.26. The Balaban J connectivity index is 2.37. The van der Waals surface area contributed by atoms with Crippen molar-refractivity contribution >= 4 is 10.0 Å². The van der Waals surface area contributed by atoms with Crippen LogP contribution in [-0.2, 0) is 16.6 Å². The molecule has 1 rings (SSSR count). The average molecular weight is 287 g/mol. The van der Waals surface area contributed by atoms with Crippen molar-refractivity contribution < 1.29 is 13.2 Å². The molecule has 6 nitrogen and oxygen atoms in total. The van der Waals surface area contributed by atoms with Crippen LogP contribution in [0.5, 0.6) is 5.88 Å². The van der Waals surface area contributed by atoms with Gasteiger partial charge in [0.15, 0.2) is 0 Å². The second kappa shape index (κ2) is 8.08. The average Bonchev–Trinajstić information content (AvgIpc) is 2.42.